The van der Waals surface area contributed by atoms with E-state index in [9.17, 15) is 4.79 Å². The summed E-state index contributed by atoms with van der Waals surface area (Å²) >= 11 is 0. The van der Waals surface area contributed by atoms with Gasteiger partial charge in [-0.3, -0.25) is 4.79 Å². The third-order valence-corrected chi connectivity index (χ3v) is 4.11. The van der Waals surface area contributed by atoms with Crippen LogP contribution in [0.15, 0.2) is 52.9 Å². The number of amides is 1. The summed E-state index contributed by atoms with van der Waals surface area (Å²) in [5, 5.41) is 7.70. The van der Waals surface area contributed by atoms with Crippen LogP contribution in [0.1, 0.15) is 22.1 Å². The average Bonchev–Trinajstić information content (AvgIpc) is 3.06. The van der Waals surface area contributed by atoms with Crippen LogP contribution in [0.4, 0.5) is 5.69 Å². The van der Waals surface area contributed by atoms with E-state index in [2.05, 4.69) is 33.3 Å². The van der Waals surface area contributed by atoms with Crippen LogP contribution in [0.5, 0.6) is 0 Å². The summed E-state index contributed by atoms with van der Waals surface area (Å²) < 4.78 is 5.33. The largest absolute Gasteiger partial charge is 0.424 e. The normalized spacial score (nSPS) is 10.6. The van der Waals surface area contributed by atoms with Crippen LogP contribution in [0.25, 0.3) is 11.1 Å². The summed E-state index contributed by atoms with van der Waals surface area (Å²) in [5.74, 6) is 0.829. The Labute approximate surface area is 153 Å². The third-order valence-electron chi connectivity index (χ3n) is 4.11. The van der Waals surface area contributed by atoms with Gasteiger partial charge in [-0.1, -0.05) is 24.3 Å². The number of nitrogens with zero attached hydrogens (tertiary/aromatic N) is 4. The zero-order valence-electron chi connectivity index (χ0n) is 15.4. The Kier molecular flexibility index (Phi) is 5.02. The molecule has 2 aromatic carbocycles. The van der Waals surface area contributed by atoms with E-state index in [0.29, 0.717) is 17.3 Å². The zero-order valence-corrected chi connectivity index (χ0v) is 15.4. The average molecular weight is 350 g/mol. The molecule has 0 saturated carbocycles. The fourth-order valence-electron chi connectivity index (χ4n) is 2.67. The van der Waals surface area contributed by atoms with Crippen LogP contribution in [-0.4, -0.2) is 42.1 Å². The van der Waals surface area contributed by atoms with Gasteiger partial charge in [-0.05, 0) is 35.4 Å². The van der Waals surface area contributed by atoms with Gasteiger partial charge in [-0.25, -0.2) is 0 Å². The third kappa shape index (κ3) is 3.91. The Morgan fingerprint density at radius 3 is 2.35 bits per heavy atom. The molecule has 0 aliphatic rings. The minimum Gasteiger partial charge on any atom is -0.424 e. The van der Waals surface area contributed by atoms with Crippen molar-refractivity contribution in [2.24, 2.45) is 0 Å². The summed E-state index contributed by atoms with van der Waals surface area (Å²) in [6.07, 6.45) is 0. The summed E-state index contributed by atoms with van der Waals surface area (Å²) in [6, 6.07) is 15.9. The van der Waals surface area contributed by atoms with Gasteiger partial charge in [0.2, 0.25) is 11.8 Å². The molecule has 0 unspecified atom stereocenters. The van der Waals surface area contributed by atoms with Crippen molar-refractivity contribution < 1.29 is 9.21 Å². The highest BCUT2D eigenvalue weighted by molar-refractivity contribution is 5.94. The fraction of sp³-hybridized carbons (Fsp3) is 0.250. The maximum Gasteiger partial charge on any atom is 0.254 e. The van der Waals surface area contributed by atoms with E-state index in [1.54, 1.807) is 18.9 Å². The van der Waals surface area contributed by atoms with Crippen LogP contribution in [0.2, 0.25) is 0 Å². The standard InChI is InChI=1S/C20H22N4O2/c1-14-21-22-19(26-14)13-24(4)20(25)16-10-8-15(9-11-16)17-6-5-7-18(12-17)23(2)3/h5-12H,13H2,1-4H3. The molecule has 1 aromatic heterocycles. The van der Waals surface area contributed by atoms with E-state index in [1.807, 2.05) is 44.4 Å². The Bertz CT molecular complexity index is 900. The fourth-order valence-corrected chi connectivity index (χ4v) is 2.67. The van der Waals surface area contributed by atoms with Crippen molar-refractivity contribution in [3.8, 4) is 11.1 Å². The molecule has 6 nitrogen and oxygen atoms in total. The maximum absolute atomic E-state index is 12.6. The summed E-state index contributed by atoms with van der Waals surface area (Å²) in [6.45, 7) is 2.01. The molecule has 0 fully saturated rings. The van der Waals surface area contributed by atoms with Crippen molar-refractivity contribution in [3.63, 3.8) is 0 Å². The molecule has 0 aliphatic heterocycles. The van der Waals surface area contributed by atoms with Gasteiger partial charge >= 0.3 is 0 Å². The van der Waals surface area contributed by atoms with Crippen molar-refractivity contribution in [2.45, 2.75) is 13.5 Å². The molecule has 26 heavy (non-hydrogen) atoms. The van der Waals surface area contributed by atoms with E-state index in [-0.39, 0.29) is 12.5 Å². The molecular formula is C20H22N4O2. The number of benzene rings is 2. The van der Waals surface area contributed by atoms with E-state index in [0.717, 1.165) is 16.8 Å². The summed E-state index contributed by atoms with van der Waals surface area (Å²) in [7, 11) is 5.75. The van der Waals surface area contributed by atoms with Crippen molar-refractivity contribution in [1.29, 1.82) is 0 Å². The second-order valence-electron chi connectivity index (χ2n) is 6.40. The zero-order chi connectivity index (χ0) is 18.7. The second kappa shape index (κ2) is 7.39. The van der Waals surface area contributed by atoms with Gasteiger partial charge in [0.25, 0.3) is 5.91 Å². The highest BCUT2D eigenvalue weighted by atomic mass is 16.4. The molecule has 0 atom stereocenters. The number of aromatic nitrogens is 2. The molecule has 1 heterocycles. The second-order valence-corrected chi connectivity index (χ2v) is 6.40. The number of anilines is 1. The van der Waals surface area contributed by atoms with Crippen LogP contribution in [0.3, 0.4) is 0 Å². The van der Waals surface area contributed by atoms with E-state index in [4.69, 9.17) is 4.42 Å². The van der Waals surface area contributed by atoms with Crippen molar-refractivity contribution in [1.82, 2.24) is 15.1 Å². The van der Waals surface area contributed by atoms with Crippen LogP contribution in [-0.2, 0) is 6.54 Å². The Morgan fingerprint density at radius 2 is 1.73 bits per heavy atom. The van der Waals surface area contributed by atoms with Crippen LogP contribution < -0.4 is 4.90 Å². The number of carbonyl (C=O) groups is 1. The van der Waals surface area contributed by atoms with Gasteiger partial charge in [0.15, 0.2) is 0 Å². The van der Waals surface area contributed by atoms with E-state index >= 15 is 0 Å². The Balaban J connectivity index is 1.74. The minimum atomic E-state index is -0.0885. The van der Waals surface area contributed by atoms with Gasteiger partial charge in [-0.2, -0.15) is 0 Å². The smallest absolute Gasteiger partial charge is 0.254 e. The minimum absolute atomic E-state index is 0.0885. The first kappa shape index (κ1) is 17.7. The van der Waals surface area contributed by atoms with Crippen molar-refractivity contribution >= 4 is 11.6 Å². The predicted octanol–water partition coefficient (Wildman–Crippen LogP) is 3.38. The number of hydrogen-bond acceptors (Lipinski definition) is 5. The van der Waals surface area contributed by atoms with Gasteiger partial charge < -0.3 is 14.2 Å². The number of rotatable bonds is 5. The van der Waals surface area contributed by atoms with Crippen molar-refractivity contribution in [3.05, 3.63) is 65.9 Å². The van der Waals surface area contributed by atoms with Crippen molar-refractivity contribution in [2.75, 3.05) is 26.0 Å². The SMILES string of the molecule is Cc1nnc(CN(C)C(=O)c2ccc(-c3cccc(N(C)C)c3)cc2)o1. The first-order valence-electron chi connectivity index (χ1n) is 8.36. The molecule has 0 spiro atoms. The number of carbonyl (C=O) groups excluding carboxylic acids is 1. The topological polar surface area (TPSA) is 62.5 Å². The van der Waals surface area contributed by atoms with Gasteiger partial charge in [0.05, 0.1) is 6.54 Å². The number of aryl methyl sites for hydroxylation is 1. The first-order chi connectivity index (χ1) is 12.4. The number of hydrogen-bond donors (Lipinski definition) is 0. The quantitative estimate of drug-likeness (QED) is 0.706. The molecule has 1 amide bonds. The summed E-state index contributed by atoms with van der Waals surface area (Å²) in [4.78, 5) is 16.2. The van der Waals surface area contributed by atoms with Gasteiger partial charge in [0.1, 0.15) is 0 Å². The maximum atomic E-state index is 12.6. The van der Waals surface area contributed by atoms with Crippen LogP contribution in [0, 0.1) is 6.92 Å². The lowest BCUT2D eigenvalue weighted by Gasteiger charge is -2.16. The lowest BCUT2D eigenvalue weighted by Crippen LogP contribution is -2.26. The molecule has 0 saturated heterocycles. The first-order valence-corrected chi connectivity index (χ1v) is 8.36. The molecule has 3 aromatic rings. The monoisotopic (exact) mass is 350 g/mol. The lowest BCUT2D eigenvalue weighted by atomic mass is 10.0. The molecule has 0 aliphatic carbocycles. The predicted molar refractivity (Wildman–Crippen MR) is 101 cm³/mol. The van der Waals surface area contributed by atoms with E-state index < -0.39 is 0 Å². The highest BCUT2D eigenvalue weighted by Gasteiger charge is 2.15. The Morgan fingerprint density at radius 1 is 1.00 bits per heavy atom. The molecular weight excluding hydrogens is 328 g/mol. The lowest BCUT2D eigenvalue weighted by molar-refractivity contribution is 0.0772. The Hall–Kier alpha value is -3.15. The van der Waals surface area contributed by atoms with Crippen LogP contribution >= 0.6 is 0 Å². The molecule has 0 N–H and O–H groups in total. The molecule has 0 bridgehead atoms. The molecule has 0 radical (unpaired) electrons. The molecule has 6 heteroatoms. The van der Waals surface area contributed by atoms with Gasteiger partial charge in [-0.15, -0.1) is 10.2 Å². The summed E-state index contributed by atoms with van der Waals surface area (Å²) in [5.41, 5.74) is 3.94. The molecule has 3 rings (SSSR count). The highest BCUT2D eigenvalue weighted by Crippen LogP contribution is 2.24. The van der Waals surface area contributed by atoms with E-state index in [1.165, 1.54) is 0 Å². The van der Waals surface area contributed by atoms with Gasteiger partial charge in [0, 0.05) is 39.3 Å². The molecule has 134 valence electrons.